The van der Waals surface area contributed by atoms with Crippen LogP contribution in [0.3, 0.4) is 0 Å². The summed E-state index contributed by atoms with van der Waals surface area (Å²) in [6, 6.07) is 1.18. The number of amides is 1. The Labute approximate surface area is 110 Å². The van der Waals surface area contributed by atoms with E-state index in [0.29, 0.717) is 24.5 Å². The Morgan fingerprint density at radius 3 is 3.05 bits per heavy atom. The predicted octanol–water partition coefficient (Wildman–Crippen LogP) is 0.861. The van der Waals surface area contributed by atoms with E-state index in [4.69, 9.17) is 9.63 Å². The molecule has 1 aliphatic heterocycles. The number of aryl methyl sites for hydroxylation is 1. The summed E-state index contributed by atoms with van der Waals surface area (Å²) in [5.74, 6) is 0.00821. The van der Waals surface area contributed by atoms with Crippen molar-refractivity contribution in [2.45, 2.75) is 32.2 Å². The predicted molar refractivity (Wildman–Crippen MR) is 66.7 cm³/mol. The fraction of sp³-hybridized carbons (Fsp3) is 0.583. The van der Waals surface area contributed by atoms with Crippen molar-refractivity contribution in [3.63, 3.8) is 0 Å². The number of carboxylic acids is 1. The van der Waals surface area contributed by atoms with E-state index in [9.17, 15) is 9.59 Å². The summed E-state index contributed by atoms with van der Waals surface area (Å²) in [5, 5.41) is 15.3. The van der Waals surface area contributed by atoms with E-state index >= 15 is 0 Å². The van der Waals surface area contributed by atoms with Gasteiger partial charge in [0, 0.05) is 19.0 Å². The largest absolute Gasteiger partial charge is 0.480 e. The van der Waals surface area contributed by atoms with Crippen molar-refractivity contribution < 1.29 is 19.2 Å². The molecule has 1 aliphatic rings. The molecule has 0 bridgehead atoms. The van der Waals surface area contributed by atoms with Crippen molar-refractivity contribution in [3.05, 3.63) is 11.8 Å². The lowest BCUT2D eigenvalue weighted by Crippen LogP contribution is -2.37. The molecule has 0 aliphatic carbocycles. The Bertz CT molecular complexity index is 471. The van der Waals surface area contributed by atoms with Gasteiger partial charge < -0.3 is 14.9 Å². The van der Waals surface area contributed by atoms with Crippen LogP contribution in [0, 0.1) is 6.92 Å². The van der Waals surface area contributed by atoms with Crippen molar-refractivity contribution in [2.75, 3.05) is 18.4 Å². The molecular weight excluding hydrogens is 250 g/mol. The van der Waals surface area contributed by atoms with Gasteiger partial charge >= 0.3 is 5.97 Å². The van der Waals surface area contributed by atoms with E-state index in [0.717, 1.165) is 13.0 Å². The Morgan fingerprint density at radius 2 is 2.42 bits per heavy atom. The second kappa shape index (κ2) is 5.83. The van der Waals surface area contributed by atoms with Gasteiger partial charge in [-0.25, -0.2) is 0 Å². The van der Waals surface area contributed by atoms with Gasteiger partial charge in [-0.05, 0) is 26.3 Å². The van der Waals surface area contributed by atoms with Gasteiger partial charge in [-0.3, -0.25) is 14.5 Å². The molecule has 1 fully saturated rings. The highest BCUT2D eigenvalue weighted by Crippen LogP contribution is 2.17. The molecule has 0 aromatic carbocycles. The second-order valence-corrected chi connectivity index (χ2v) is 4.65. The van der Waals surface area contributed by atoms with Crippen LogP contribution in [-0.2, 0) is 9.59 Å². The molecule has 7 nitrogen and oxygen atoms in total. The summed E-state index contributed by atoms with van der Waals surface area (Å²) >= 11 is 0. The number of nitrogens with zero attached hydrogens (tertiary/aromatic N) is 2. The van der Waals surface area contributed by atoms with Crippen LogP contribution in [0.25, 0.3) is 0 Å². The average Bonchev–Trinajstić information content (AvgIpc) is 2.95. The summed E-state index contributed by atoms with van der Waals surface area (Å²) in [6.45, 7) is 2.91. The molecule has 1 atom stereocenters. The number of carbonyl (C=O) groups excluding carboxylic acids is 1. The fourth-order valence-corrected chi connectivity index (χ4v) is 2.25. The van der Waals surface area contributed by atoms with Gasteiger partial charge in [-0.2, -0.15) is 0 Å². The highest BCUT2D eigenvalue weighted by Gasteiger charge is 2.30. The molecule has 7 heteroatoms. The lowest BCUT2D eigenvalue weighted by molar-refractivity contribution is -0.142. The van der Waals surface area contributed by atoms with Crippen molar-refractivity contribution in [2.24, 2.45) is 0 Å². The Hall–Kier alpha value is -1.89. The van der Waals surface area contributed by atoms with Crippen LogP contribution in [0.5, 0.6) is 0 Å². The van der Waals surface area contributed by atoms with E-state index in [-0.39, 0.29) is 12.3 Å². The first-order valence-electron chi connectivity index (χ1n) is 6.26. The molecule has 104 valence electrons. The third kappa shape index (κ3) is 3.54. The van der Waals surface area contributed by atoms with Crippen LogP contribution in [0.2, 0.25) is 0 Å². The molecule has 1 saturated heterocycles. The van der Waals surface area contributed by atoms with Gasteiger partial charge in [0.2, 0.25) is 5.91 Å². The number of aromatic nitrogens is 1. The number of nitrogens with one attached hydrogen (secondary N) is 1. The van der Waals surface area contributed by atoms with Crippen LogP contribution < -0.4 is 5.32 Å². The lowest BCUT2D eigenvalue weighted by Gasteiger charge is -2.20. The summed E-state index contributed by atoms with van der Waals surface area (Å²) in [7, 11) is 0. The third-order valence-corrected chi connectivity index (χ3v) is 3.17. The molecule has 0 spiro atoms. The maximum absolute atomic E-state index is 11.7. The van der Waals surface area contributed by atoms with Crippen LogP contribution in [-0.4, -0.2) is 46.2 Å². The van der Waals surface area contributed by atoms with E-state index in [1.54, 1.807) is 13.0 Å². The van der Waals surface area contributed by atoms with Gasteiger partial charge in [0.05, 0.1) is 0 Å². The molecule has 19 heavy (non-hydrogen) atoms. The first-order chi connectivity index (χ1) is 9.06. The lowest BCUT2D eigenvalue weighted by atomic mass is 10.2. The number of hydrogen-bond donors (Lipinski definition) is 2. The van der Waals surface area contributed by atoms with E-state index in [1.165, 1.54) is 0 Å². The minimum Gasteiger partial charge on any atom is -0.480 e. The maximum atomic E-state index is 11.7. The topological polar surface area (TPSA) is 95.7 Å². The number of carboxylic acid groups (broad SMARTS) is 1. The minimum atomic E-state index is -0.815. The highest BCUT2D eigenvalue weighted by atomic mass is 16.5. The summed E-state index contributed by atoms with van der Waals surface area (Å²) in [5.41, 5.74) is 0. The average molecular weight is 267 g/mol. The molecule has 2 rings (SSSR count). The van der Waals surface area contributed by atoms with Gasteiger partial charge in [-0.15, -0.1) is 0 Å². The van der Waals surface area contributed by atoms with Crippen LogP contribution >= 0.6 is 0 Å². The molecule has 1 aromatic rings. The van der Waals surface area contributed by atoms with E-state index in [2.05, 4.69) is 10.5 Å². The number of hydrogen-bond acceptors (Lipinski definition) is 5. The quantitative estimate of drug-likeness (QED) is 0.821. The van der Waals surface area contributed by atoms with Gasteiger partial charge in [-0.1, -0.05) is 5.16 Å². The Balaban J connectivity index is 1.78. The summed E-state index contributed by atoms with van der Waals surface area (Å²) in [6.07, 6.45) is 1.76. The van der Waals surface area contributed by atoms with Crippen molar-refractivity contribution in [3.8, 4) is 0 Å². The normalized spacial score (nSPS) is 19.5. The zero-order chi connectivity index (χ0) is 13.8. The number of aliphatic carboxylic acids is 1. The number of rotatable bonds is 5. The first kappa shape index (κ1) is 13.5. The van der Waals surface area contributed by atoms with Gasteiger partial charge in [0.1, 0.15) is 11.8 Å². The van der Waals surface area contributed by atoms with Crippen LogP contribution in [0.1, 0.15) is 25.0 Å². The molecule has 0 saturated carbocycles. The second-order valence-electron chi connectivity index (χ2n) is 4.65. The van der Waals surface area contributed by atoms with Crippen molar-refractivity contribution in [1.29, 1.82) is 0 Å². The van der Waals surface area contributed by atoms with Crippen molar-refractivity contribution in [1.82, 2.24) is 10.1 Å². The van der Waals surface area contributed by atoms with E-state index in [1.807, 2.05) is 4.90 Å². The zero-order valence-electron chi connectivity index (χ0n) is 10.8. The number of carbonyl (C=O) groups is 2. The third-order valence-electron chi connectivity index (χ3n) is 3.17. The molecule has 2 heterocycles. The maximum Gasteiger partial charge on any atom is 0.320 e. The monoisotopic (exact) mass is 267 g/mol. The molecular formula is C12H17N3O4. The van der Waals surface area contributed by atoms with Gasteiger partial charge in [0.25, 0.3) is 0 Å². The standard InChI is InChI=1S/C12H17N3O4/c1-8-7-10(14-19-8)13-11(16)4-6-15-5-2-3-9(15)12(17)18/h7,9H,2-6H2,1H3,(H,17,18)(H,13,14,16). The SMILES string of the molecule is Cc1cc(NC(=O)CCN2CCCC2C(=O)O)no1. The number of anilines is 1. The fourth-order valence-electron chi connectivity index (χ4n) is 2.25. The number of likely N-dealkylation sites (tertiary alicyclic amines) is 1. The van der Waals surface area contributed by atoms with Gasteiger partial charge in [0.15, 0.2) is 5.82 Å². The van der Waals surface area contributed by atoms with E-state index < -0.39 is 12.0 Å². The first-order valence-corrected chi connectivity index (χ1v) is 6.26. The highest BCUT2D eigenvalue weighted by molar-refractivity contribution is 5.89. The smallest absolute Gasteiger partial charge is 0.320 e. The summed E-state index contributed by atoms with van der Waals surface area (Å²) in [4.78, 5) is 24.5. The molecule has 0 radical (unpaired) electrons. The summed E-state index contributed by atoms with van der Waals surface area (Å²) < 4.78 is 4.84. The Morgan fingerprint density at radius 1 is 1.63 bits per heavy atom. The molecule has 1 aromatic heterocycles. The molecule has 1 unspecified atom stereocenters. The van der Waals surface area contributed by atoms with Crippen molar-refractivity contribution >= 4 is 17.7 Å². The molecule has 2 N–H and O–H groups in total. The van der Waals surface area contributed by atoms with Crippen LogP contribution in [0.4, 0.5) is 5.82 Å². The minimum absolute atomic E-state index is 0.190. The Kier molecular flexibility index (Phi) is 4.16. The zero-order valence-corrected chi connectivity index (χ0v) is 10.8. The molecule has 1 amide bonds. The van der Waals surface area contributed by atoms with Crippen LogP contribution in [0.15, 0.2) is 10.6 Å².